The van der Waals surface area contributed by atoms with Crippen LogP contribution >= 0.6 is 11.8 Å². The van der Waals surface area contributed by atoms with Crippen LogP contribution in [-0.2, 0) is 10.5 Å². The number of halogens is 1. The molecule has 0 saturated carbocycles. The first-order chi connectivity index (χ1) is 14.6. The second kappa shape index (κ2) is 11.1. The van der Waals surface area contributed by atoms with E-state index in [0.29, 0.717) is 49.1 Å². The first-order valence-corrected chi connectivity index (χ1v) is 11.2. The van der Waals surface area contributed by atoms with Gasteiger partial charge in [0.05, 0.1) is 12.1 Å². The van der Waals surface area contributed by atoms with Crippen LogP contribution in [-0.4, -0.2) is 65.9 Å². The maximum Gasteiger partial charge on any atom is 0.256 e. The number of thioether (sulfide) groups is 1. The highest BCUT2D eigenvalue weighted by atomic mass is 32.2. The van der Waals surface area contributed by atoms with Gasteiger partial charge in [-0.25, -0.2) is 9.37 Å². The molecule has 1 aliphatic heterocycles. The van der Waals surface area contributed by atoms with Gasteiger partial charge in [0, 0.05) is 44.7 Å². The van der Waals surface area contributed by atoms with Gasteiger partial charge in [-0.2, -0.15) is 0 Å². The van der Waals surface area contributed by atoms with Gasteiger partial charge < -0.3 is 10.2 Å². The Balaban J connectivity index is 1.62. The summed E-state index contributed by atoms with van der Waals surface area (Å²) in [6.45, 7) is 5.58. The Hall–Kier alpha value is -2.45. The van der Waals surface area contributed by atoms with Crippen molar-refractivity contribution < 1.29 is 14.0 Å². The average Bonchev–Trinajstić information content (AvgIpc) is 2.99. The van der Waals surface area contributed by atoms with Crippen LogP contribution in [0.1, 0.15) is 29.3 Å². The highest BCUT2D eigenvalue weighted by Crippen LogP contribution is 2.25. The van der Waals surface area contributed by atoms with Crippen LogP contribution in [0.3, 0.4) is 0 Å². The second-order valence-electron chi connectivity index (χ2n) is 7.15. The molecule has 0 atom stereocenters. The summed E-state index contributed by atoms with van der Waals surface area (Å²) in [6, 6.07) is 9.93. The fourth-order valence-corrected chi connectivity index (χ4v) is 4.30. The number of benzene rings is 1. The molecule has 6 nitrogen and oxygen atoms in total. The van der Waals surface area contributed by atoms with Crippen LogP contribution in [0.25, 0.3) is 0 Å². The SMILES string of the molecule is CCNC(=O)CN1CCCN(C(=O)c2cccnc2SCc2ccc(F)cc2)CC1. The van der Waals surface area contributed by atoms with Crippen molar-refractivity contribution in [2.24, 2.45) is 0 Å². The molecule has 160 valence electrons. The minimum absolute atomic E-state index is 0.0176. The fraction of sp³-hybridized carbons (Fsp3) is 0.409. The summed E-state index contributed by atoms with van der Waals surface area (Å²) >= 11 is 1.47. The number of hydrogen-bond donors (Lipinski definition) is 1. The number of nitrogens with one attached hydrogen (secondary N) is 1. The van der Waals surface area contributed by atoms with Crippen LogP contribution in [0.4, 0.5) is 4.39 Å². The first-order valence-electron chi connectivity index (χ1n) is 10.2. The predicted molar refractivity (Wildman–Crippen MR) is 116 cm³/mol. The van der Waals surface area contributed by atoms with E-state index < -0.39 is 0 Å². The van der Waals surface area contributed by atoms with Crippen molar-refractivity contribution in [3.63, 3.8) is 0 Å². The van der Waals surface area contributed by atoms with Crippen molar-refractivity contribution in [3.8, 4) is 0 Å². The fourth-order valence-electron chi connectivity index (χ4n) is 3.36. The van der Waals surface area contributed by atoms with Gasteiger partial charge >= 0.3 is 0 Å². The van der Waals surface area contributed by atoms with E-state index in [9.17, 15) is 14.0 Å². The summed E-state index contributed by atoms with van der Waals surface area (Å²) in [6.07, 6.45) is 2.50. The van der Waals surface area contributed by atoms with Crippen molar-refractivity contribution in [2.75, 3.05) is 39.3 Å². The number of amides is 2. The van der Waals surface area contributed by atoms with E-state index in [1.54, 1.807) is 30.5 Å². The van der Waals surface area contributed by atoms with E-state index in [2.05, 4.69) is 15.2 Å². The third-order valence-electron chi connectivity index (χ3n) is 4.91. The van der Waals surface area contributed by atoms with Crippen LogP contribution in [0, 0.1) is 5.82 Å². The van der Waals surface area contributed by atoms with Crippen LogP contribution in [0.15, 0.2) is 47.6 Å². The zero-order valence-electron chi connectivity index (χ0n) is 17.1. The molecule has 8 heteroatoms. The number of carbonyl (C=O) groups is 2. The number of nitrogens with zero attached hydrogens (tertiary/aromatic N) is 3. The van der Waals surface area contributed by atoms with E-state index in [-0.39, 0.29) is 17.6 Å². The third kappa shape index (κ3) is 6.27. The molecule has 0 unspecified atom stereocenters. The maximum absolute atomic E-state index is 13.2. The molecule has 3 rings (SSSR count). The molecule has 0 spiro atoms. The molecule has 0 radical (unpaired) electrons. The summed E-state index contributed by atoms with van der Waals surface area (Å²) in [5, 5.41) is 3.49. The van der Waals surface area contributed by atoms with Crippen molar-refractivity contribution in [1.29, 1.82) is 0 Å². The van der Waals surface area contributed by atoms with Gasteiger partial charge in [-0.3, -0.25) is 14.5 Å². The largest absolute Gasteiger partial charge is 0.355 e. The lowest BCUT2D eigenvalue weighted by Gasteiger charge is -2.22. The molecular formula is C22H27FN4O2S. The maximum atomic E-state index is 13.2. The minimum atomic E-state index is -0.264. The molecule has 1 aromatic carbocycles. The van der Waals surface area contributed by atoms with Gasteiger partial charge in [0.15, 0.2) is 0 Å². The lowest BCUT2D eigenvalue weighted by Crippen LogP contribution is -2.40. The number of hydrogen-bond acceptors (Lipinski definition) is 5. The molecule has 2 amide bonds. The summed E-state index contributed by atoms with van der Waals surface area (Å²) in [4.78, 5) is 33.4. The Morgan fingerprint density at radius 2 is 1.93 bits per heavy atom. The summed E-state index contributed by atoms with van der Waals surface area (Å²) in [5.41, 5.74) is 1.56. The Morgan fingerprint density at radius 3 is 2.70 bits per heavy atom. The molecule has 1 aromatic heterocycles. The van der Waals surface area contributed by atoms with Crippen molar-refractivity contribution >= 4 is 23.6 Å². The lowest BCUT2D eigenvalue weighted by molar-refractivity contribution is -0.122. The zero-order chi connectivity index (χ0) is 21.3. The lowest BCUT2D eigenvalue weighted by atomic mass is 10.2. The average molecular weight is 431 g/mol. The molecule has 1 saturated heterocycles. The number of rotatable bonds is 7. The number of likely N-dealkylation sites (N-methyl/N-ethyl adjacent to an activating group) is 1. The van der Waals surface area contributed by atoms with Gasteiger partial charge in [0.25, 0.3) is 5.91 Å². The molecule has 1 N–H and O–H groups in total. The summed E-state index contributed by atoms with van der Waals surface area (Å²) < 4.78 is 13.1. The quantitative estimate of drug-likeness (QED) is 0.685. The standard InChI is InChI=1S/C22H27FN4O2S/c1-2-24-20(28)15-26-11-4-12-27(14-13-26)22(29)19-5-3-10-25-21(19)30-16-17-6-8-18(23)9-7-17/h3,5-10H,2,4,11-16H2,1H3,(H,24,28). The molecular weight excluding hydrogens is 403 g/mol. The Labute approximate surface area is 180 Å². The van der Waals surface area contributed by atoms with E-state index >= 15 is 0 Å². The van der Waals surface area contributed by atoms with Gasteiger partial charge in [0.1, 0.15) is 10.8 Å². The van der Waals surface area contributed by atoms with Crippen molar-refractivity contribution in [1.82, 2.24) is 20.1 Å². The minimum Gasteiger partial charge on any atom is -0.355 e. The van der Waals surface area contributed by atoms with Gasteiger partial charge in [-0.05, 0) is 43.2 Å². The monoisotopic (exact) mass is 430 g/mol. The summed E-state index contributed by atoms with van der Waals surface area (Å²) in [5.74, 6) is 0.325. The molecule has 1 fully saturated rings. The van der Waals surface area contributed by atoms with E-state index in [4.69, 9.17) is 0 Å². The van der Waals surface area contributed by atoms with E-state index in [0.717, 1.165) is 18.5 Å². The Kier molecular flexibility index (Phi) is 8.21. The molecule has 2 heterocycles. The first kappa shape index (κ1) is 22.2. The van der Waals surface area contributed by atoms with Gasteiger partial charge in [-0.1, -0.05) is 12.1 Å². The Bertz CT molecular complexity index is 862. The predicted octanol–water partition coefficient (Wildman–Crippen LogP) is 2.80. The van der Waals surface area contributed by atoms with Gasteiger partial charge in [-0.15, -0.1) is 11.8 Å². The molecule has 30 heavy (non-hydrogen) atoms. The van der Waals surface area contributed by atoms with Crippen molar-refractivity contribution in [3.05, 3.63) is 59.5 Å². The normalized spacial score (nSPS) is 14.9. The summed E-state index contributed by atoms with van der Waals surface area (Å²) in [7, 11) is 0. The van der Waals surface area contributed by atoms with E-state index in [1.165, 1.54) is 23.9 Å². The highest BCUT2D eigenvalue weighted by Gasteiger charge is 2.23. The smallest absolute Gasteiger partial charge is 0.256 e. The zero-order valence-corrected chi connectivity index (χ0v) is 18.0. The van der Waals surface area contributed by atoms with Crippen molar-refractivity contribution in [2.45, 2.75) is 24.1 Å². The van der Waals surface area contributed by atoms with Gasteiger partial charge in [0.2, 0.25) is 5.91 Å². The Morgan fingerprint density at radius 1 is 1.13 bits per heavy atom. The third-order valence-corrected chi connectivity index (χ3v) is 5.98. The highest BCUT2D eigenvalue weighted by molar-refractivity contribution is 7.98. The topological polar surface area (TPSA) is 65.5 Å². The van der Waals surface area contributed by atoms with E-state index in [1.807, 2.05) is 11.8 Å². The number of carbonyl (C=O) groups excluding carboxylic acids is 2. The van der Waals surface area contributed by atoms with Crippen LogP contribution in [0.2, 0.25) is 0 Å². The number of pyridine rings is 1. The number of aromatic nitrogens is 1. The second-order valence-corrected chi connectivity index (χ2v) is 8.11. The molecule has 1 aliphatic rings. The van der Waals surface area contributed by atoms with Crippen LogP contribution < -0.4 is 5.32 Å². The molecule has 2 aromatic rings. The van der Waals surface area contributed by atoms with Crippen LogP contribution in [0.5, 0.6) is 0 Å². The molecule has 0 aliphatic carbocycles. The molecule has 0 bridgehead atoms.